The van der Waals surface area contributed by atoms with E-state index >= 15 is 0 Å². The quantitative estimate of drug-likeness (QED) is 0.651. The predicted molar refractivity (Wildman–Crippen MR) is 76.0 cm³/mol. The Bertz CT molecular complexity index is 440. The number of para-hydroxylation sites is 1. The fourth-order valence-electron chi connectivity index (χ4n) is 2.92. The Kier molecular flexibility index (Phi) is 4.53. The van der Waals surface area contributed by atoms with Crippen LogP contribution >= 0.6 is 0 Å². The van der Waals surface area contributed by atoms with Crippen LogP contribution in [-0.2, 0) is 6.54 Å². The lowest BCUT2D eigenvalue weighted by Crippen LogP contribution is -2.33. The van der Waals surface area contributed by atoms with E-state index in [2.05, 4.69) is 12.2 Å². The summed E-state index contributed by atoms with van der Waals surface area (Å²) in [6.45, 7) is 3.84. The second-order valence-electron chi connectivity index (χ2n) is 5.86. The maximum absolute atomic E-state index is 10.9. The van der Waals surface area contributed by atoms with Crippen LogP contribution in [0.15, 0.2) is 24.3 Å². The van der Waals surface area contributed by atoms with Crippen molar-refractivity contribution in [1.29, 1.82) is 0 Å². The predicted octanol–water partition coefficient (Wildman–Crippen LogP) is 3.65. The van der Waals surface area contributed by atoms with Crippen molar-refractivity contribution in [1.82, 2.24) is 5.32 Å². The molecular weight excluding hydrogens is 240 g/mol. The Morgan fingerprint density at radius 3 is 2.63 bits per heavy atom. The topological polar surface area (TPSA) is 55.2 Å². The van der Waals surface area contributed by atoms with Gasteiger partial charge in [0.05, 0.1) is 4.92 Å². The van der Waals surface area contributed by atoms with Crippen LogP contribution in [0.3, 0.4) is 0 Å². The second-order valence-corrected chi connectivity index (χ2v) is 5.86. The first-order chi connectivity index (χ1) is 9.11. The van der Waals surface area contributed by atoms with Gasteiger partial charge in [0.25, 0.3) is 5.69 Å². The summed E-state index contributed by atoms with van der Waals surface area (Å²) in [4.78, 5) is 10.6. The van der Waals surface area contributed by atoms with Crippen molar-refractivity contribution < 1.29 is 4.92 Å². The Morgan fingerprint density at radius 2 is 1.95 bits per heavy atom. The number of hydrogen-bond donors (Lipinski definition) is 1. The third-order valence-corrected chi connectivity index (χ3v) is 4.12. The van der Waals surface area contributed by atoms with Gasteiger partial charge in [-0.15, -0.1) is 0 Å². The van der Waals surface area contributed by atoms with E-state index in [1.165, 1.54) is 32.1 Å². The van der Waals surface area contributed by atoms with Gasteiger partial charge < -0.3 is 5.32 Å². The van der Waals surface area contributed by atoms with Gasteiger partial charge in [0.1, 0.15) is 0 Å². The van der Waals surface area contributed by atoms with Crippen LogP contribution in [0.2, 0.25) is 0 Å². The van der Waals surface area contributed by atoms with Crippen LogP contribution < -0.4 is 5.32 Å². The van der Waals surface area contributed by atoms with Crippen LogP contribution in [0.25, 0.3) is 0 Å². The summed E-state index contributed by atoms with van der Waals surface area (Å²) in [5.41, 5.74) is 1.35. The molecule has 1 fully saturated rings. The molecule has 0 aromatic heterocycles. The number of nitro benzene ring substituents is 1. The van der Waals surface area contributed by atoms with Crippen LogP contribution in [0.4, 0.5) is 5.69 Å². The van der Waals surface area contributed by atoms with E-state index in [4.69, 9.17) is 0 Å². The minimum absolute atomic E-state index is 0.212. The molecule has 0 bridgehead atoms. The van der Waals surface area contributed by atoms with Gasteiger partial charge in [0.15, 0.2) is 0 Å². The molecule has 1 aliphatic carbocycles. The molecule has 0 saturated heterocycles. The first-order valence-electron chi connectivity index (χ1n) is 7.04. The molecule has 0 spiro atoms. The summed E-state index contributed by atoms with van der Waals surface area (Å²) in [6.07, 6.45) is 6.49. The molecule has 1 aliphatic rings. The standard InChI is InChI=1S/C15H22N2O2/c1-15(9-5-2-6-10-15)12-16-11-13-7-3-4-8-14(13)17(18)19/h3-4,7-8,16H,2,5-6,9-12H2,1H3. The minimum atomic E-state index is -0.306. The molecule has 19 heavy (non-hydrogen) atoms. The largest absolute Gasteiger partial charge is 0.312 e. The Labute approximate surface area is 114 Å². The van der Waals surface area contributed by atoms with Crippen molar-refractivity contribution in [2.45, 2.75) is 45.6 Å². The van der Waals surface area contributed by atoms with E-state index in [0.29, 0.717) is 12.0 Å². The molecule has 1 N–H and O–H groups in total. The molecule has 4 nitrogen and oxygen atoms in total. The minimum Gasteiger partial charge on any atom is -0.312 e. The highest BCUT2D eigenvalue weighted by molar-refractivity contribution is 5.39. The Hall–Kier alpha value is -1.42. The third kappa shape index (κ3) is 3.77. The number of rotatable bonds is 5. The zero-order chi connectivity index (χ0) is 13.7. The summed E-state index contributed by atoms with van der Waals surface area (Å²) >= 11 is 0. The third-order valence-electron chi connectivity index (χ3n) is 4.12. The van der Waals surface area contributed by atoms with Crippen LogP contribution in [0.1, 0.15) is 44.6 Å². The van der Waals surface area contributed by atoms with Crippen molar-refractivity contribution in [3.8, 4) is 0 Å². The van der Waals surface area contributed by atoms with Crippen molar-refractivity contribution in [3.63, 3.8) is 0 Å². The zero-order valence-electron chi connectivity index (χ0n) is 11.5. The maximum atomic E-state index is 10.9. The molecule has 1 aromatic rings. The fourth-order valence-corrected chi connectivity index (χ4v) is 2.92. The van der Waals surface area contributed by atoms with Crippen molar-refractivity contribution in [2.24, 2.45) is 5.41 Å². The monoisotopic (exact) mass is 262 g/mol. The van der Waals surface area contributed by atoms with Crippen molar-refractivity contribution in [3.05, 3.63) is 39.9 Å². The smallest absolute Gasteiger partial charge is 0.273 e. The average Bonchev–Trinajstić information content (AvgIpc) is 2.40. The molecule has 0 amide bonds. The van der Waals surface area contributed by atoms with Gasteiger partial charge in [-0.05, 0) is 18.3 Å². The summed E-state index contributed by atoms with van der Waals surface area (Å²) in [5, 5.41) is 14.3. The van der Waals surface area contributed by atoms with Gasteiger partial charge in [0, 0.05) is 24.7 Å². The molecule has 104 valence electrons. The van der Waals surface area contributed by atoms with Gasteiger partial charge >= 0.3 is 0 Å². The highest BCUT2D eigenvalue weighted by atomic mass is 16.6. The van der Waals surface area contributed by atoms with Crippen LogP contribution in [0, 0.1) is 15.5 Å². The summed E-state index contributed by atoms with van der Waals surface area (Å²) < 4.78 is 0. The molecule has 2 rings (SSSR count). The van der Waals surface area contributed by atoms with E-state index in [-0.39, 0.29) is 10.6 Å². The van der Waals surface area contributed by atoms with Gasteiger partial charge in [-0.2, -0.15) is 0 Å². The maximum Gasteiger partial charge on any atom is 0.273 e. The lowest BCUT2D eigenvalue weighted by atomic mass is 9.76. The highest BCUT2D eigenvalue weighted by Crippen LogP contribution is 2.35. The molecule has 0 atom stereocenters. The fraction of sp³-hybridized carbons (Fsp3) is 0.600. The molecular formula is C15H22N2O2. The van der Waals surface area contributed by atoms with Gasteiger partial charge in [0.2, 0.25) is 0 Å². The van der Waals surface area contributed by atoms with E-state index in [0.717, 1.165) is 12.1 Å². The van der Waals surface area contributed by atoms with Crippen molar-refractivity contribution >= 4 is 5.69 Å². The van der Waals surface area contributed by atoms with E-state index in [1.54, 1.807) is 12.1 Å². The average molecular weight is 262 g/mol. The summed E-state index contributed by atoms with van der Waals surface area (Å²) in [6, 6.07) is 6.96. The zero-order valence-corrected chi connectivity index (χ0v) is 11.5. The highest BCUT2D eigenvalue weighted by Gasteiger charge is 2.26. The van der Waals surface area contributed by atoms with E-state index < -0.39 is 0 Å². The molecule has 1 saturated carbocycles. The first kappa shape index (κ1) is 14.0. The van der Waals surface area contributed by atoms with Crippen LogP contribution in [-0.4, -0.2) is 11.5 Å². The molecule has 0 heterocycles. The van der Waals surface area contributed by atoms with Gasteiger partial charge in [-0.25, -0.2) is 0 Å². The van der Waals surface area contributed by atoms with Crippen molar-refractivity contribution in [2.75, 3.05) is 6.54 Å². The summed E-state index contributed by atoms with van der Waals surface area (Å²) in [7, 11) is 0. The van der Waals surface area contributed by atoms with E-state index in [9.17, 15) is 10.1 Å². The van der Waals surface area contributed by atoms with Gasteiger partial charge in [-0.3, -0.25) is 10.1 Å². The number of benzene rings is 1. The molecule has 0 unspecified atom stereocenters. The lowest BCUT2D eigenvalue weighted by Gasteiger charge is -2.33. The van der Waals surface area contributed by atoms with Crippen LogP contribution in [0.5, 0.6) is 0 Å². The number of nitrogens with zero attached hydrogens (tertiary/aromatic N) is 1. The van der Waals surface area contributed by atoms with Gasteiger partial charge in [-0.1, -0.05) is 44.4 Å². The lowest BCUT2D eigenvalue weighted by molar-refractivity contribution is -0.385. The SMILES string of the molecule is CC1(CNCc2ccccc2[N+](=O)[O-])CCCCC1. The van der Waals surface area contributed by atoms with E-state index in [1.807, 2.05) is 12.1 Å². The number of nitro groups is 1. The second kappa shape index (κ2) is 6.15. The first-order valence-corrected chi connectivity index (χ1v) is 7.04. The molecule has 0 aliphatic heterocycles. The Balaban J connectivity index is 1.90. The number of hydrogen-bond acceptors (Lipinski definition) is 3. The Morgan fingerprint density at radius 1 is 1.26 bits per heavy atom. The summed E-state index contributed by atoms with van der Waals surface area (Å²) in [5.74, 6) is 0. The number of nitrogens with one attached hydrogen (secondary N) is 1. The molecule has 0 radical (unpaired) electrons. The normalized spacial score (nSPS) is 18.2. The molecule has 1 aromatic carbocycles. The molecule has 4 heteroatoms.